The highest BCUT2D eigenvalue weighted by atomic mass is 16.5. The number of rotatable bonds is 5. The van der Waals surface area contributed by atoms with Crippen LogP contribution in [0.2, 0.25) is 0 Å². The molecular formula is C18H29N3O3. The Morgan fingerprint density at radius 2 is 2.29 bits per heavy atom. The highest BCUT2D eigenvalue weighted by Gasteiger charge is 2.44. The maximum Gasteiger partial charge on any atom is 0.234 e. The van der Waals surface area contributed by atoms with E-state index in [1.807, 2.05) is 6.92 Å². The Bertz CT molecular complexity index is 550. The molecule has 3 heterocycles. The summed E-state index contributed by atoms with van der Waals surface area (Å²) in [6.45, 7) is 8.95. The molecule has 0 unspecified atom stereocenters. The summed E-state index contributed by atoms with van der Waals surface area (Å²) in [5.41, 5.74) is -0.690. The van der Waals surface area contributed by atoms with Crippen LogP contribution >= 0.6 is 0 Å². The normalized spacial score (nSPS) is 30.8. The van der Waals surface area contributed by atoms with E-state index in [4.69, 9.17) is 9.47 Å². The van der Waals surface area contributed by atoms with Gasteiger partial charge in [-0.1, -0.05) is 13.8 Å². The van der Waals surface area contributed by atoms with Crippen molar-refractivity contribution in [2.75, 3.05) is 31.3 Å². The van der Waals surface area contributed by atoms with E-state index < -0.39 is 5.60 Å². The van der Waals surface area contributed by atoms with Gasteiger partial charge >= 0.3 is 0 Å². The van der Waals surface area contributed by atoms with Crippen LogP contribution in [0.25, 0.3) is 0 Å². The molecule has 0 spiro atoms. The second-order valence-electron chi connectivity index (χ2n) is 7.61. The summed E-state index contributed by atoms with van der Waals surface area (Å²) < 4.78 is 11.4. The number of nitrogens with zero attached hydrogens (tertiary/aromatic N) is 3. The Morgan fingerprint density at radius 1 is 1.46 bits per heavy atom. The Kier molecular flexibility index (Phi) is 5.25. The topological polar surface area (TPSA) is 67.7 Å². The van der Waals surface area contributed by atoms with Crippen LogP contribution in [-0.4, -0.2) is 53.1 Å². The van der Waals surface area contributed by atoms with Crippen molar-refractivity contribution in [3.63, 3.8) is 0 Å². The van der Waals surface area contributed by atoms with Crippen LogP contribution in [0.5, 0.6) is 5.88 Å². The molecule has 2 fully saturated rings. The zero-order chi connectivity index (χ0) is 17.2. The van der Waals surface area contributed by atoms with Crippen molar-refractivity contribution in [1.82, 2.24) is 9.97 Å². The Labute approximate surface area is 144 Å². The molecule has 2 saturated heterocycles. The number of aromatic nitrogens is 2. The fraction of sp³-hybridized carbons (Fsp3) is 0.778. The van der Waals surface area contributed by atoms with Gasteiger partial charge in [0.05, 0.1) is 31.2 Å². The Balaban J connectivity index is 1.76. The lowest BCUT2D eigenvalue weighted by Gasteiger charge is -2.43. The summed E-state index contributed by atoms with van der Waals surface area (Å²) in [7, 11) is 0. The first-order valence-corrected chi connectivity index (χ1v) is 8.99. The van der Waals surface area contributed by atoms with Crippen LogP contribution in [0, 0.1) is 11.8 Å². The fourth-order valence-electron chi connectivity index (χ4n) is 3.67. The molecule has 1 aromatic heterocycles. The molecule has 1 aromatic rings. The number of ether oxygens (including phenoxy) is 2. The van der Waals surface area contributed by atoms with Crippen LogP contribution in [0.1, 0.15) is 40.0 Å². The lowest BCUT2D eigenvalue weighted by Crippen LogP contribution is -2.52. The predicted molar refractivity (Wildman–Crippen MR) is 92.3 cm³/mol. The monoisotopic (exact) mass is 335 g/mol. The van der Waals surface area contributed by atoms with E-state index in [9.17, 15) is 5.11 Å². The summed E-state index contributed by atoms with van der Waals surface area (Å²) in [6.07, 6.45) is 6.28. The lowest BCUT2D eigenvalue weighted by molar-refractivity contribution is -0.108. The largest absolute Gasteiger partial charge is 0.476 e. The maximum atomic E-state index is 10.8. The van der Waals surface area contributed by atoms with Gasteiger partial charge in [0, 0.05) is 25.1 Å². The van der Waals surface area contributed by atoms with E-state index >= 15 is 0 Å². The smallest absolute Gasteiger partial charge is 0.234 e. The molecule has 6 heteroatoms. The first kappa shape index (κ1) is 17.4. The van der Waals surface area contributed by atoms with E-state index in [2.05, 4.69) is 28.7 Å². The van der Waals surface area contributed by atoms with Crippen molar-refractivity contribution >= 4 is 5.82 Å². The van der Waals surface area contributed by atoms with Crippen LogP contribution in [0.15, 0.2) is 12.4 Å². The molecule has 0 aliphatic carbocycles. The van der Waals surface area contributed by atoms with E-state index in [1.165, 1.54) is 0 Å². The van der Waals surface area contributed by atoms with Crippen molar-refractivity contribution in [2.24, 2.45) is 11.8 Å². The number of hydrogen-bond acceptors (Lipinski definition) is 6. The highest BCUT2D eigenvalue weighted by molar-refractivity contribution is 5.41. The molecule has 0 saturated carbocycles. The highest BCUT2D eigenvalue weighted by Crippen LogP contribution is 2.37. The third-order valence-electron chi connectivity index (χ3n) is 5.07. The van der Waals surface area contributed by atoms with Gasteiger partial charge in [-0.05, 0) is 32.1 Å². The van der Waals surface area contributed by atoms with Crippen molar-refractivity contribution in [3.8, 4) is 5.88 Å². The van der Waals surface area contributed by atoms with Gasteiger partial charge in [0.2, 0.25) is 5.88 Å². The molecule has 134 valence electrons. The van der Waals surface area contributed by atoms with Gasteiger partial charge in [-0.15, -0.1) is 0 Å². The molecule has 3 rings (SSSR count). The molecule has 24 heavy (non-hydrogen) atoms. The Hall–Kier alpha value is -1.40. The van der Waals surface area contributed by atoms with Crippen LogP contribution < -0.4 is 9.64 Å². The number of hydrogen-bond donors (Lipinski definition) is 1. The van der Waals surface area contributed by atoms with Crippen LogP contribution in [0.4, 0.5) is 5.82 Å². The average Bonchev–Trinajstić information content (AvgIpc) is 3.02. The first-order chi connectivity index (χ1) is 11.5. The second-order valence-corrected chi connectivity index (χ2v) is 7.61. The van der Waals surface area contributed by atoms with Gasteiger partial charge in [-0.25, -0.2) is 0 Å². The van der Waals surface area contributed by atoms with Gasteiger partial charge in [-0.2, -0.15) is 4.98 Å². The lowest BCUT2D eigenvalue weighted by atomic mass is 9.79. The SMILES string of the molecule is CC(C)COc1cncc(N2CCC[C@@H]2[C@H]2COCC[C@]2(C)O)n1. The summed E-state index contributed by atoms with van der Waals surface area (Å²) in [6, 6.07) is 0.231. The quantitative estimate of drug-likeness (QED) is 0.890. The summed E-state index contributed by atoms with van der Waals surface area (Å²) in [4.78, 5) is 11.2. The Morgan fingerprint density at radius 3 is 3.04 bits per heavy atom. The summed E-state index contributed by atoms with van der Waals surface area (Å²) in [5, 5.41) is 10.8. The van der Waals surface area contributed by atoms with Crippen molar-refractivity contribution in [3.05, 3.63) is 12.4 Å². The zero-order valence-corrected chi connectivity index (χ0v) is 14.9. The van der Waals surface area contributed by atoms with E-state index in [1.54, 1.807) is 12.4 Å². The number of aliphatic hydroxyl groups is 1. The van der Waals surface area contributed by atoms with E-state index in [-0.39, 0.29) is 12.0 Å². The van der Waals surface area contributed by atoms with Crippen LogP contribution in [-0.2, 0) is 4.74 Å². The molecule has 0 radical (unpaired) electrons. The predicted octanol–water partition coefficient (Wildman–Crippen LogP) is 2.27. The summed E-state index contributed by atoms with van der Waals surface area (Å²) in [5.74, 6) is 1.94. The molecule has 0 bridgehead atoms. The molecule has 0 aromatic carbocycles. The van der Waals surface area contributed by atoms with Crippen molar-refractivity contribution in [1.29, 1.82) is 0 Å². The molecule has 0 amide bonds. The molecule has 1 N–H and O–H groups in total. The van der Waals surface area contributed by atoms with Gasteiger partial charge in [-0.3, -0.25) is 4.98 Å². The number of anilines is 1. The zero-order valence-electron chi connectivity index (χ0n) is 14.9. The van der Waals surface area contributed by atoms with Gasteiger partial charge in [0.25, 0.3) is 0 Å². The molecule has 2 aliphatic heterocycles. The molecule has 6 nitrogen and oxygen atoms in total. The minimum Gasteiger partial charge on any atom is -0.476 e. The minimum absolute atomic E-state index is 0.0933. The molecular weight excluding hydrogens is 306 g/mol. The molecule has 2 aliphatic rings. The third kappa shape index (κ3) is 3.81. The maximum absolute atomic E-state index is 10.8. The van der Waals surface area contributed by atoms with Gasteiger partial charge in [0.1, 0.15) is 0 Å². The van der Waals surface area contributed by atoms with E-state index in [0.717, 1.165) is 25.2 Å². The molecule has 3 atom stereocenters. The minimum atomic E-state index is -0.690. The van der Waals surface area contributed by atoms with Crippen molar-refractivity contribution in [2.45, 2.75) is 51.7 Å². The van der Waals surface area contributed by atoms with E-state index in [0.29, 0.717) is 38.0 Å². The van der Waals surface area contributed by atoms with Crippen molar-refractivity contribution < 1.29 is 14.6 Å². The van der Waals surface area contributed by atoms with Gasteiger partial charge in [0.15, 0.2) is 5.82 Å². The second kappa shape index (κ2) is 7.23. The first-order valence-electron chi connectivity index (χ1n) is 8.99. The fourth-order valence-corrected chi connectivity index (χ4v) is 3.67. The standard InChI is InChI=1S/C18H29N3O3/c1-13(2)11-24-17-10-19-9-16(20-17)21-7-4-5-15(21)14-12-23-8-6-18(14,3)22/h9-10,13-15,22H,4-8,11-12H2,1-3H3/t14-,15-,18+/m1/s1. The average molecular weight is 335 g/mol. The van der Waals surface area contributed by atoms with Crippen LogP contribution in [0.3, 0.4) is 0 Å². The van der Waals surface area contributed by atoms with Gasteiger partial charge < -0.3 is 19.5 Å². The summed E-state index contributed by atoms with van der Waals surface area (Å²) >= 11 is 0. The third-order valence-corrected chi connectivity index (χ3v) is 5.07.